The average molecular weight is 339 g/mol. The van der Waals surface area contributed by atoms with Crippen LogP contribution in [0.2, 0.25) is 0 Å². The molecule has 0 aliphatic rings. The van der Waals surface area contributed by atoms with Crippen molar-refractivity contribution >= 4 is 43.9 Å². The van der Waals surface area contributed by atoms with Gasteiger partial charge in [0.05, 0.1) is 22.5 Å². The number of nitrogens with two attached hydrogens (primary N) is 1. The van der Waals surface area contributed by atoms with Crippen molar-refractivity contribution in [3.8, 4) is 6.07 Å². The van der Waals surface area contributed by atoms with Crippen molar-refractivity contribution < 1.29 is 0 Å². The smallest absolute Gasteiger partial charge is 0.103 e. The van der Waals surface area contributed by atoms with Crippen LogP contribution in [0.1, 0.15) is 5.56 Å². The zero-order chi connectivity index (χ0) is 14.8. The van der Waals surface area contributed by atoms with Crippen LogP contribution in [0, 0.1) is 11.3 Å². The van der Waals surface area contributed by atoms with Gasteiger partial charge in [-0.2, -0.15) is 5.26 Å². The van der Waals surface area contributed by atoms with Crippen LogP contribution in [0.25, 0.3) is 10.9 Å². The first-order valence-corrected chi connectivity index (χ1v) is 7.08. The monoisotopic (exact) mass is 338 g/mol. The van der Waals surface area contributed by atoms with Crippen molar-refractivity contribution in [1.29, 1.82) is 5.26 Å². The number of benzene rings is 2. The highest BCUT2D eigenvalue weighted by molar-refractivity contribution is 9.10. The molecule has 102 valence electrons. The molecule has 0 bridgehead atoms. The third-order valence-electron chi connectivity index (χ3n) is 3.14. The van der Waals surface area contributed by atoms with E-state index >= 15 is 0 Å². The Bertz CT molecular complexity index is 868. The van der Waals surface area contributed by atoms with Gasteiger partial charge in [0, 0.05) is 21.7 Å². The Morgan fingerprint density at radius 2 is 2.00 bits per heavy atom. The molecular formula is C16H11BrN4. The average Bonchev–Trinajstić information content (AvgIpc) is 2.48. The number of hydrogen-bond acceptors (Lipinski definition) is 4. The van der Waals surface area contributed by atoms with Gasteiger partial charge in [0.1, 0.15) is 6.07 Å². The summed E-state index contributed by atoms with van der Waals surface area (Å²) in [6, 6.07) is 15.5. The number of fused-ring (bicyclic) bond motifs is 1. The molecule has 0 aliphatic carbocycles. The van der Waals surface area contributed by atoms with Crippen LogP contribution in [-0.2, 0) is 0 Å². The third-order valence-corrected chi connectivity index (χ3v) is 3.64. The maximum atomic E-state index is 9.31. The first-order chi connectivity index (χ1) is 10.2. The number of nitriles is 1. The summed E-state index contributed by atoms with van der Waals surface area (Å²) in [7, 11) is 0. The molecule has 21 heavy (non-hydrogen) atoms. The molecule has 2 aromatic carbocycles. The van der Waals surface area contributed by atoms with Gasteiger partial charge in [-0.15, -0.1) is 0 Å². The number of aromatic nitrogens is 1. The highest BCUT2D eigenvalue weighted by Gasteiger charge is 2.10. The van der Waals surface area contributed by atoms with Crippen molar-refractivity contribution in [3.63, 3.8) is 0 Å². The molecule has 0 spiro atoms. The summed E-state index contributed by atoms with van der Waals surface area (Å²) in [6.45, 7) is 0. The van der Waals surface area contributed by atoms with Gasteiger partial charge in [0.15, 0.2) is 0 Å². The highest BCUT2D eigenvalue weighted by atomic mass is 79.9. The largest absolute Gasteiger partial charge is 0.397 e. The van der Waals surface area contributed by atoms with Crippen LogP contribution >= 0.6 is 15.9 Å². The molecule has 3 N–H and O–H groups in total. The molecule has 3 aromatic rings. The molecule has 3 rings (SSSR count). The minimum absolute atomic E-state index is 0.480. The van der Waals surface area contributed by atoms with Gasteiger partial charge in [-0.3, -0.25) is 4.98 Å². The predicted octanol–water partition coefficient (Wildman–Crippen LogP) is 4.19. The second-order valence-electron chi connectivity index (χ2n) is 4.54. The molecule has 5 heteroatoms. The summed E-state index contributed by atoms with van der Waals surface area (Å²) >= 11 is 3.44. The molecule has 0 radical (unpaired) electrons. The Labute approximate surface area is 130 Å². The lowest BCUT2D eigenvalue weighted by molar-refractivity contribution is 1.36. The molecule has 0 unspecified atom stereocenters. The summed E-state index contributed by atoms with van der Waals surface area (Å²) in [5, 5.41) is 13.4. The van der Waals surface area contributed by atoms with Crippen LogP contribution < -0.4 is 11.1 Å². The Balaban J connectivity index is 2.20. The van der Waals surface area contributed by atoms with E-state index in [9.17, 15) is 5.26 Å². The standard InChI is InChI=1S/C16H11BrN4/c17-11-3-1-4-12(7-11)21-15-10(8-18)9-20-16-13(15)5-2-6-14(16)19/h1-7,9H,19H2,(H,20,21). The van der Waals surface area contributed by atoms with Gasteiger partial charge in [0.25, 0.3) is 0 Å². The van der Waals surface area contributed by atoms with Crippen LogP contribution in [0.15, 0.2) is 53.1 Å². The fourth-order valence-corrected chi connectivity index (χ4v) is 2.58. The lowest BCUT2D eigenvalue weighted by atomic mass is 10.1. The van der Waals surface area contributed by atoms with Crippen molar-refractivity contribution in [2.75, 3.05) is 11.1 Å². The zero-order valence-corrected chi connectivity index (χ0v) is 12.6. The van der Waals surface area contributed by atoms with Crippen LogP contribution in [0.4, 0.5) is 17.1 Å². The molecule has 0 atom stereocenters. The second-order valence-corrected chi connectivity index (χ2v) is 5.45. The molecule has 0 aliphatic heterocycles. The van der Waals surface area contributed by atoms with Crippen molar-refractivity contribution in [3.05, 3.63) is 58.7 Å². The van der Waals surface area contributed by atoms with Crippen molar-refractivity contribution in [2.24, 2.45) is 0 Å². The molecule has 1 aromatic heterocycles. The van der Waals surface area contributed by atoms with Gasteiger partial charge >= 0.3 is 0 Å². The third kappa shape index (κ3) is 2.54. The molecule has 4 nitrogen and oxygen atoms in total. The number of nitrogens with one attached hydrogen (secondary N) is 1. The van der Waals surface area contributed by atoms with Crippen LogP contribution in [0.3, 0.4) is 0 Å². The molecule has 0 saturated carbocycles. The quantitative estimate of drug-likeness (QED) is 0.687. The first-order valence-electron chi connectivity index (χ1n) is 6.29. The number of rotatable bonds is 2. The number of halogens is 1. The minimum atomic E-state index is 0.480. The van der Waals surface area contributed by atoms with E-state index in [1.807, 2.05) is 36.4 Å². The SMILES string of the molecule is N#Cc1cnc2c(N)cccc2c1Nc1cccc(Br)c1. The highest BCUT2D eigenvalue weighted by Crippen LogP contribution is 2.31. The molecule has 0 saturated heterocycles. The van der Waals surface area contributed by atoms with E-state index in [1.165, 1.54) is 0 Å². The van der Waals surface area contributed by atoms with Crippen LogP contribution in [-0.4, -0.2) is 4.98 Å². The maximum Gasteiger partial charge on any atom is 0.103 e. The minimum Gasteiger partial charge on any atom is -0.397 e. The van der Waals surface area contributed by atoms with Crippen molar-refractivity contribution in [1.82, 2.24) is 4.98 Å². The summed E-state index contributed by atoms with van der Waals surface area (Å²) in [5.41, 5.74) is 9.31. The number of nitrogens with zero attached hydrogens (tertiary/aromatic N) is 2. The number of anilines is 3. The van der Waals surface area contributed by atoms with E-state index in [0.717, 1.165) is 15.5 Å². The fourth-order valence-electron chi connectivity index (χ4n) is 2.18. The summed E-state index contributed by atoms with van der Waals surface area (Å²) in [6.07, 6.45) is 1.54. The topological polar surface area (TPSA) is 74.7 Å². The predicted molar refractivity (Wildman–Crippen MR) is 88.3 cm³/mol. The number of hydrogen-bond donors (Lipinski definition) is 2. The van der Waals surface area contributed by atoms with Crippen molar-refractivity contribution in [2.45, 2.75) is 0 Å². The van der Waals surface area contributed by atoms with Gasteiger partial charge < -0.3 is 11.1 Å². The van der Waals surface area contributed by atoms with E-state index in [1.54, 1.807) is 12.3 Å². The van der Waals surface area contributed by atoms with Gasteiger partial charge in [-0.25, -0.2) is 0 Å². The molecule has 1 heterocycles. The first kappa shape index (κ1) is 13.4. The summed E-state index contributed by atoms with van der Waals surface area (Å²) in [5.74, 6) is 0. The van der Waals surface area contributed by atoms with E-state index in [2.05, 4.69) is 32.3 Å². The van der Waals surface area contributed by atoms with E-state index < -0.39 is 0 Å². The Kier molecular flexibility index (Phi) is 3.46. The Morgan fingerprint density at radius 1 is 1.19 bits per heavy atom. The zero-order valence-electron chi connectivity index (χ0n) is 11.0. The Hall–Kier alpha value is -2.58. The molecule has 0 amide bonds. The maximum absolute atomic E-state index is 9.31. The fraction of sp³-hybridized carbons (Fsp3) is 0. The second kappa shape index (κ2) is 5.43. The molecular weight excluding hydrogens is 328 g/mol. The van der Waals surface area contributed by atoms with E-state index in [4.69, 9.17) is 5.73 Å². The van der Waals surface area contributed by atoms with Gasteiger partial charge in [0.2, 0.25) is 0 Å². The lowest BCUT2D eigenvalue weighted by Gasteiger charge is -2.12. The van der Waals surface area contributed by atoms with E-state index in [0.29, 0.717) is 22.5 Å². The normalized spacial score (nSPS) is 10.3. The number of pyridine rings is 1. The molecule has 0 fully saturated rings. The number of nitrogen functional groups attached to an aromatic ring is 1. The van der Waals surface area contributed by atoms with Gasteiger partial charge in [-0.1, -0.05) is 34.1 Å². The Morgan fingerprint density at radius 3 is 2.76 bits per heavy atom. The van der Waals surface area contributed by atoms with Gasteiger partial charge in [-0.05, 0) is 24.3 Å². The van der Waals surface area contributed by atoms with Crippen LogP contribution in [0.5, 0.6) is 0 Å². The summed E-state index contributed by atoms with van der Waals surface area (Å²) < 4.78 is 0.962. The lowest BCUT2D eigenvalue weighted by Crippen LogP contribution is -1.98. The number of para-hydroxylation sites is 1. The van der Waals surface area contributed by atoms with E-state index in [-0.39, 0.29) is 0 Å². The summed E-state index contributed by atoms with van der Waals surface area (Å²) in [4.78, 5) is 4.27.